The van der Waals surface area contributed by atoms with Crippen molar-refractivity contribution in [1.29, 1.82) is 0 Å². The van der Waals surface area contributed by atoms with E-state index in [2.05, 4.69) is 9.97 Å². The molecule has 1 aliphatic carbocycles. The smallest absolute Gasteiger partial charge is 0.248 e. The first-order valence-electron chi connectivity index (χ1n) is 7.28. The summed E-state index contributed by atoms with van der Waals surface area (Å²) in [5.74, 6) is -1.28. The summed E-state index contributed by atoms with van der Waals surface area (Å²) in [6.07, 6.45) is 2.41. The number of benzene rings is 1. The molecule has 22 heavy (non-hydrogen) atoms. The molecule has 118 valence electrons. The predicted molar refractivity (Wildman–Crippen MR) is 78.4 cm³/mol. The number of imidazole rings is 1. The zero-order chi connectivity index (χ0) is 15.7. The molecule has 0 bridgehead atoms. The molecule has 1 saturated carbocycles. The number of H-pyrrole nitrogens is 1. The number of halogens is 2. The summed E-state index contributed by atoms with van der Waals surface area (Å²) in [7, 11) is 1.49. The summed E-state index contributed by atoms with van der Waals surface area (Å²) >= 11 is 0. The van der Waals surface area contributed by atoms with Crippen LogP contribution in [0.3, 0.4) is 0 Å². The fourth-order valence-corrected chi connectivity index (χ4v) is 2.85. The Bertz CT molecular complexity index is 660. The second kappa shape index (κ2) is 5.59. The van der Waals surface area contributed by atoms with Crippen molar-refractivity contribution in [3.8, 4) is 22.8 Å². The lowest BCUT2D eigenvalue weighted by Gasteiger charge is -2.26. The Morgan fingerprint density at radius 3 is 2.73 bits per heavy atom. The summed E-state index contributed by atoms with van der Waals surface area (Å²) in [4.78, 5) is 7.54. The minimum atomic E-state index is -2.53. The van der Waals surface area contributed by atoms with Crippen molar-refractivity contribution >= 4 is 0 Å². The molecule has 1 fully saturated rings. The number of aromatic hydroxyl groups is 1. The Hall–Kier alpha value is -2.11. The number of ether oxygens (including phenoxy) is 1. The van der Waals surface area contributed by atoms with E-state index in [1.807, 2.05) is 0 Å². The van der Waals surface area contributed by atoms with E-state index in [0.717, 1.165) is 17.1 Å². The van der Waals surface area contributed by atoms with Gasteiger partial charge in [-0.2, -0.15) is 0 Å². The van der Waals surface area contributed by atoms with Gasteiger partial charge in [0.05, 0.1) is 19.0 Å². The Balaban J connectivity index is 1.79. The number of hydrogen-bond acceptors (Lipinski definition) is 3. The number of methoxy groups -OCH3 is 1. The van der Waals surface area contributed by atoms with Crippen LogP contribution >= 0.6 is 0 Å². The lowest BCUT2D eigenvalue weighted by molar-refractivity contribution is -0.0387. The Morgan fingerprint density at radius 2 is 2.05 bits per heavy atom. The summed E-state index contributed by atoms with van der Waals surface area (Å²) in [6, 6.07) is 5.02. The standard InChI is InChI=1S/C16H18F2N2O2/c1-22-14-8-11(2-3-13(14)21)12-9-19-15(20-12)10-4-6-16(17,18)7-5-10/h2-3,8-10,21H,4-7H2,1H3,(H,19,20). The zero-order valence-corrected chi connectivity index (χ0v) is 12.3. The highest BCUT2D eigenvalue weighted by Crippen LogP contribution is 2.40. The number of hydrogen-bond donors (Lipinski definition) is 2. The molecular formula is C16H18F2N2O2. The maximum Gasteiger partial charge on any atom is 0.248 e. The molecule has 1 aromatic heterocycles. The van der Waals surface area contributed by atoms with E-state index >= 15 is 0 Å². The highest BCUT2D eigenvalue weighted by molar-refractivity contribution is 5.63. The topological polar surface area (TPSA) is 58.1 Å². The molecule has 0 saturated heterocycles. The molecule has 0 atom stereocenters. The van der Waals surface area contributed by atoms with Gasteiger partial charge in [-0.05, 0) is 31.0 Å². The quantitative estimate of drug-likeness (QED) is 0.898. The largest absolute Gasteiger partial charge is 0.504 e. The molecule has 0 radical (unpaired) electrons. The number of phenols is 1. The molecule has 0 spiro atoms. The molecule has 1 aromatic carbocycles. The van der Waals surface area contributed by atoms with Crippen LogP contribution in [0.4, 0.5) is 8.78 Å². The molecule has 1 aliphatic rings. The molecule has 2 N–H and O–H groups in total. The van der Waals surface area contributed by atoms with E-state index < -0.39 is 5.92 Å². The van der Waals surface area contributed by atoms with Crippen LogP contribution < -0.4 is 4.74 Å². The van der Waals surface area contributed by atoms with E-state index in [0.29, 0.717) is 18.6 Å². The Labute approximate surface area is 127 Å². The van der Waals surface area contributed by atoms with Crippen LogP contribution in [0.25, 0.3) is 11.3 Å². The maximum absolute atomic E-state index is 13.2. The van der Waals surface area contributed by atoms with Gasteiger partial charge in [-0.1, -0.05) is 0 Å². The number of nitrogens with one attached hydrogen (secondary N) is 1. The van der Waals surface area contributed by atoms with Gasteiger partial charge in [0.1, 0.15) is 5.82 Å². The first-order valence-corrected chi connectivity index (χ1v) is 7.28. The third kappa shape index (κ3) is 2.91. The highest BCUT2D eigenvalue weighted by atomic mass is 19.3. The second-order valence-corrected chi connectivity index (χ2v) is 5.70. The van der Waals surface area contributed by atoms with Crippen molar-refractivity contribution < 1.29 is 18.6 Å². The second-order valence-electron chi connectivity index (χ2n) is 5.70. The van der Waals surface area contributed by atoms with Gasteiger partial charge in [-0.25, -0.2) is 13.8 Å². The van der Waals surface area contributed by atoms with Gasteiger partial charge in [-0.15, -0.1) is 0 Å². The molecule has 4 nitrogen and oxygen atoms in total. The minimum absolute atomic E-state index is 0.0485. The molecule has 6 heteroatoms. The molecule has 2 aromatic rings. The average molecular weight is 308 g/mol. The van der Waals surface area contributed by atoms with E-state index in [9.17, 15) is 13.9 Å². The van der Waals surface area contributed by atoms with E-state index in [1.54, 1.807) is 24.4 Å². The average Bonchev–Trinajstić information content (AvgIpc) is 2.97. The van der Waals surface area contributed by atoms with E-state index in [4.69, 9.17) is 4.74 Å². The monoisotopic (exact) mass is 308 g/mol. The van der Waals surface area contributed by atoms with E-state index in [1.165, 1.54) is 7.11 Å². The number of phenolic OH excluding ortho intramolecular Hbond substituents is 1. The first-order chi connectivity index (χ1) is 10.5. The Kier molecular flexibility index (Phi) is 3.76. The minimum Gasteiger partial charge on any atom is -0.504 e. The van der Waals surface area contributed by atoms with Gasteiger partial charge in [-0.3, -0.25) is 0 Å². The fraction of sp³-hybridized carbons (Fsp3) is 0.438. The van der Waals surface area contributed by atoms with Crippen LogP contribution in [-0.4, -0.2) is 28.1 Å². The SMILES string of the molecule is COc1cc(-c2cnc(C3CCC(F)(F)CC3)[nH]2)ccc1O. The number of alkyl halides is 2. The van der Waals surface area contributed by atoms with Gasteiger partial charge in [0.2, 0.25) is 5.92 Å². The Morgan fingerprint density at radius 1 is 1.32 bits per heavy atom. The van der Waals surface area contributed by atoms with Gasteiger partial charge in [0, 0.05) is 24.3 Å². The molecule has 0 unspecified atom stereocenters. The van der Waals surface area contributed by atoms with Crippen molar-refractivity contribution in [3.63, 3.8) is 0 Å². The van der Waals surface area contributed by atoms with Crippen molar-refractivity contribution in [2.24, 2.45) is 0 Å². The summed E-state index contributed by atoms with van der Waals surface area (Å²) in [6.45, 7) is 0. The normalized spacial score (nSPS) is 18.3. The lowest BCUT2D eigenvalue weighted by atomic mass is 9.86. The van der Waals surface area contributed by atoms with Crippen LogP contribution in [0.1, 0.15) is 37.4 Å². The van der Waals surface area contributed by atoms with Crippen LogP contribution in [0, 0.1) is 0 Å². The molecule has 3 rings (SSSR count). The molecule has 1 heterocycles. The molecular weight excluding hydrogens is 290 g/mol. The summed E-state index contributed by atoms with van der Waals surface area (Å²) in [5.41, 5.74) is 1.61. The van der Waals surface area contributed by atoms with Crippen molar-refractivity contribution in [2.75, 3.05) is 7.11 Å². The molecule has 0 amide bonds. The first kappa shape index (κ1) is 14.8. The number of nitrogens with zero attached hydrogens (tertiary/aromatic N) is 1. The summed E-state index contributed by atoms with van der Waals surface area (Å²) < 4.78 is 31.5. The number of rotatable bonds is 3. The highest BCUT2D eigenvalue weighted by Gasteiger charge is 2.36. The van der Waals surface area contributed by atoms with Crippen molar-refractivity contribution in [1.82, 2.24) is 9.97 Å². The number of aromatic amines is 1. The van der Waals surface area contributed by atoms with Crippen LogP contribution in [0.5, 0.6) is 11.5 Å². The predicted octanol–water partition coefficient (Wildman–Crippen LogP) is 4.08. The molecule has 0 aliphatic heterocycles. The van der Waals surface area contributed by atoms with Gasteiger partial charge >= 0.3 is 0 Å². The zero-order valence-electron chi connectivity index (χ0n) is 12.3. The van der Waals surface area contributed by atoms with Crippen LogP contribution in [0.15, 0.2) is 24.4 Å². The fourth-order valence-electron chi connectivity index (χ4n) is 2.85. The number of aromatic nitrogens is 2. The van der Waals surface area contributed by atoms with Crippen LogP contribution in [0.2, 0.25) is 0 Å². The van der Waals surface area contributed by atoms with E-state index in [-0.39, 0.29) is 24.5 Å². The van der Waals surface area contributed by atoms with Gasteiger partial charge in [0.25, 0.3) is 0 Å². The third-order valence-electron chi connectivity index (χ3n) is 4.19. The third-order valence-corrected chi connectivity index (χ3v) is 4.19. The summed E-state index contributed by atoms with van der Waals surface area (Å²) in [5, 5.41) is 9.62. The maximum atomic E-state index is 13.2. The van der Waals surface area contributed by atoms with Crippen molar-refractivity contribution in [3.05, 3.63) is 30.2 Å². The lowest BCUT2D eigenvalue weighted by Crippen LogP contribution is -2.24. The van der Waals surface area contributed by atoms with Crippen molar-refractivity contribution in [2.45, 2.75) is 37.5 Å². The van der Waals surface area contributed by atoms with Gasteiger partial charge < -0.3 is 14.8 Å². The van der Waals surface area contributed by atoms with Crippen LogP contribution in [-0.2, 0) is 0 Å². The van der Waals surface area contributed by atoms with Gasteiger partial charge in [0.15, 0.2) is 11.5 Å².